The van der Waals surface area contributed by atoms with Crippen molar-refractivity contribution in [3.8, 4) is 0 Å². The van der Waals surface area contributed by atoms with Gasteiger partial charge in [-0.05, 0) is 30.3 Å². The van der Waals surface area contributed by atoms with E-state index in [0.29, 0.717) is 6.07 Å². The van der Waals surface area contributed by atoms with Crippen LogP contribution < -0.4 is 5.73 Å². The fourth-order valence-corrected chi connectivity index (χ4v) is 3.55. The molecule has 0 aliphatic carbocycles. The van der Waals surface area contributed by atoms with Crippen LogP contribution in [0, 0.1) is 11.6 Å². The lowest BCUT2D eigenvalue weighted by atomic mass is 10.2. The fourth-order valence-electron chi connectivity index (χ4n) is 1.71. The average molecular weight is 318 g/mol. The van der Waals surface area contributed by atoms with E-state index in [2.05, 4.69) is 0 Å². The van der Waals surface area contributed by atoms with Crippen molar-refractivity contribution >= 4 is 27.1 Å². The second-order valence-corrected chi connectivity index (χ2v) is 6.51. The van der Waals surface area contributed by atoms with Gasteiger partial charge in [-0.1, -0.05) is 17.7 Å². The standard InChI is InChI=1S/C13H10ClF2NO2S/c14-10-2-1-3-12(17)9(10)7-20(18,19)13-6-8(15)4-5-11(13)16/h1-6H,7,17H2. The maximum absolute atomic E-state index is 13.6. The highest BCUT2D eigenvalue weighted by Gasteiger charge is 2.23. The number of halogens is 3. The average Bonchev–Trinajstić information content (AvgIpc) is 2.37. The van der Waals surface area contributed by atoms with E-state index in [1.54, 1.807) is 6.07 Å². The molecule has 0 fully saturated rings. The molecule has 0 unspecified atom stereocenters. The molecule has 0 aliphatic rings. The largest absolute Gasteiger partial charge is 0.398 e. The first-order valence-corrected chi connectivity index (χ1v) is 7.55. The summed E-state index contributed by atoms with van der Waals surface area (Å²) in [5.41, 5.74) is 6.00. The van der Waals surface area contributed by atoms with Gasteiger partial charge in [-0.3, -0.25) is 0 Å². The van der Waals surface area contributed by atoms with Crippen molar-refractivity contribution in [2.75, 3.05) is 5.73 Å². The maximum Gasteiger partial charge on any atom is 0.185 e. The number of nitrogens with two attached hydrogens (primary N) is 1. The second-order valence-electron chi connectivity index (χ2n) is 4.14. The van der Waals surface area contributed by atoms with Crippen LogP contribution in [0.3, 0.4) is 0 Å². The first kappa shape index (κ1) is 14.7. The van der Waals surface area contributed by atoms with E-state index in [4.69, 9.17) is 17.3 Å². The molecule has 0 amide bonds. The van der Waals surface area contributed by atoms with Gasteiger partial charge >= 0.3 is 0 Å². The molecule has 0 saturated carbocycles. The zero-order valence-electron chi connectivity index (χ0n) is 10.1. The minimum absolute atomic E-state index is 0.158. The predicted molar refractivity (Wildman–Crippen MR) is 73.1 cm³/mol. The molecule has 0 aliphatic heterocycles. The number of anilines is 1. The van der Waals surface area contributed by atoms with Crippen LogP contribution in [0.4, 0.5) is 14.5 Å². The van der Waals surface area contributed by atoms with Gasteiger partial charge in [-0.25, -0.2) is 17.2 Å². The lowest BCUT2D eigenvalue weighted by Gasteiger charge is -2.10. The van der Waals surface area contributed by atoms with Crippen LogP contribution in [-0.4, -0.2) is 8.42 Å². The Morgan fingerprint density at radius 1 is 1.15 bits per heavy atom. The Bertz CT molecular complexity index is 743. The zero-order valence-corrected chi connectivity index (χ0v) is 11.7. The van der Waals surface area contributed by atoms with E-state index in [-0.39, 0.29) is 16.3 Å². The topological polar surface area (TPSA) is 60.2 Å². The Balaban J connectivity index is 2.49. The molecule has 3 nitrogen and oxygen atoms in total. The van der Waals surface area contributed by atoms with Crippen LogP contribution in [0.5, 0.6) is 0 Å². The van der Waals surface area contributed by atoms with Gasteiger partial charge in [-0.15, -0.1) is 0 Å². The number of sulfone groups is 1. The maximum atomic E-state index is 13.6. The Labute approximate surface area is 119 Å². The van der Waals surface area contributed by atoms with Crippen LogP contribution in [0.1, 0.15) is 5.56 Å². The number of rotatable bonds is 3. The van der Waals surface area contributed by atoms with E-state index in [9.17, 15) is 17.2 Å². The predicted octanol–water partition coefficient (Wildman–Crippen LogP) is 3.17. The second kappa shape index (κ2) is 5.38. The summed E-state index contributed by atoms with van der Waals surface area (Å²) in [7, 11) is -4.09. The highest BCUT2D eigenvalue weighted by molar-refractivity contribution is 7.90. The van der Waals surface area contributed by atoms with Crippen LogP contribution in [0.15, 0.2) is 41.3 Å². The summed E-state index contributed by atoms with van der Waals surface area (Å²) >= 11 is 5.88. The van der Waals surface area contributed by atoms with Gasteiger partial charge in [0, 0.05) is 16.3 Å². The zero-order chi connectivity index (χ0) is 14.9. The smallest absolute Gasteiger partial charge is 0.185 e. The molecule has 2 N–H and O–H groups in total. The Kier molecular flexibility index (Phi) is 3.96. The van der Waals surface area contributed by atoms with Gasteiger partial charge in [0.15, 0.2) is 9.84 Å². The molecule has 0 saturated heterocycles. The first-order valence-electron chi connectivity index (χ1n) is 5.52. The van der Waals surface area contributed by atoms with E-state index < -0.39 is 32.1 Å². The molecule has 0 atom stereocenters. The van der Waals surface area contributed by atoms with Crippen molar-refractivity contribution in [2.45, 2.75) is 10.6 Å². The lowest BCUT2D eigenvalue weighted by Crippen LogP contribution is -2.10. The van der Waals surface area contributed by atoms with Crippen molar-refractivity contribution in [3.05, 3.63) is 58.6 Å². The van der Waals surface area contributed by atoms with Crippen LogP contribution >= 0.6 is 11.6 Å². The molecule has 7 heteroatoms. The molecule has 106 valence electrons. The highest BCUT2D eigenvalue weighted by atomic mass is 35.5. The normalized spacial score (nSPS) is 11.6. The summed E-state index contributed by atoms with van der Waals surface area (Å²) in [4.78, 5) is -0.711. The summed E-state index contributed by atoms with van der Waals surface area (Å²) in [6.45, 7) is 0. The molecule has 0 spiro atoms. The van der Waals surface area contributed by atoms with Crippen molar-refractivity contribution in [3.63, 3.8) is 0 Å². The highest BCUT2D eigenvalue weighted by Crippen LogP contribution is 2.28. The van der Waals surface area contributed by atoms with E-state index in [0.717, 1.165) is 12.1 Å². The molecule has 20 heavy (non-hydrogen) atoms. The molecule has 0 bridgehead atoms. The minimum Gasteiger partial charge on any atom is -0.398 e. The molecule has 0 aromatic heterocycles. The quantitative estimate of drug-likeness (QED) is 0.884. The molecular formula is C13H10ClF2NO2S. The van der Waals surface area contributed by atoms with Gasteiger partial charge in [-0.2, -0.15) is 0 Å². The number of benzene rings is 2. The van der Waals surface area contributed by atoms with Crippen molar-refractivity contribution in [2.24, 2.45) is 0 Å². The minimum atomic E-state index is -4.09. The number of hydrogen-bond acceptors (Lipinski definition) is 3. The van der Waals surface area contributed by atoms with Gasteiger partial charge in [0.2, 0.25) is 0 Å². The number of nitrogen functional groups attached to an aromatic ring is 1. The summed E-state index contributed by atoms with van der Waals surface area (Å²) in [6.07, 6.45) is 0. The summed E-state index contributed by atoms with van der Waals surface area (Å²) < 4.78 is 51.0. The molecular weight excluding hydrogens is 308 g/mol. The number of hydrogen-bond donors (Lipinski definition) is 1. The monoisotopic (exact) mass is 317 g/mol. The molecule has 2 aromatic rings. The molecule has 2 rings (SSSR count). The first-order chi connectivity index (χ1) is 9.31. The van der Waals surface area contributed by atoms with E-state index in [1.807, 2.05) is 0 Å². The van der Waals surface area contributed by atoms with Crippen molar-refractivity contribution < 1.29 is 17.2 Å². The molecule has 0 heterocycles. The van der Waals surface area contributed by atoms with Crippen LogP contribution in [0.2, 0.25) is 5.02 Å². The van der Waals surface area contributed by atoms with Crippen LogP contribution in [0.25, 0.3) is 0 Å². The third-order valence-corrected chi connectivity index (χ3v) is 4.72. The Morgan fingerprint density at radius 2 is 1.85 bits per heavy atom. The van der Waals surface area contributed by atoms with Gasteiger partial charge < -0.3 is 5.73 Å². The van der Waals surface area contributed by atoms with Crippen molar-refractivity contribution in [1.82, 2.24) is 0 Å². The van der Waals surface area contributed by atoms with E-state index >= 15 is 0 Å². The summed E-state index contributed by atoms with van der Waals surface area (Å²) in [5, 5.41) is 0.158. The van der Waals surface area contributed by atoms with Crippen molar-refractivity contribution in [1.29, 1.82) is 0 Å². The summed E-state index contributed by atoms with van der Waals surface area (Å²) in [6, 6.07) is 6.77. The van der Waals surface area contributed by atoms with Crippen LogP contribution in [-0.2, 0) is 15.6 Å². The fraction of sp³-hybridized carbons (Fsp3) is 0.0769. The van der Waals surface area contributed by atoms with Gasteiger partial charge in [0.05, 0.1) is 5.75 Å². The Hall–Kier alpha value is -1.66. The Morgan fingerprint density at radius 3 is 2.50 bits per heavy atom. The molecule has 2 aromatic carbocycles. The lowest BCUT2D eigenvalue weighted by molar-refractivity contribution is 0.553. The third-order valence-electron chi connectivity index (χ3n) is 2.72. The SMILES string of the molecule is Nc1cccc(Cl)c1CS(=O)(=O)c1cc(F)ccc1F. The van der Waals surface area contributed by atoms with Gasteiger partial charge in [0.25, 0.3) is 0 Å². The molecule has 0 radical (unpaired) electrons. The van der Waals surface area contributed by atoms with Gasteiger partial charge in [0.1, 0.15) is 16.5 Å². The van der Waals surface area contributed by atoms with E-state index in [1.165, 1.54) is 12.1 Å². The summed E-state index contributed by atoms with van der Waals surface area (Å²) in [5.74, 6) is -2.45. The third kappa shape index (κ3) is 2.91.